The Balaban J connectivity index is 1.40. The molecule has 0 saturated carbocycles. The minimum absolute atomic E-state index is 0.167. The number of imide groups is 1. The van der Waals surface area contributed by atoms with Crippen LogP contribution in [-0.4, -0.2) is 102 Å². The lowest BCUT2D eigenvalue weighted by Gasteiger charge is -2.30. The van der Waals surface area contributed by atoms with Gasteiger partial charge in [0, 0.05) is 27.2 Å². The van der Waals surface area contributed by atoms with E-state index in [0.717, 1.165) is 45.1 Å². The SMILES string of the molecule is CCCCCCCCCCCCCCCC[N+]1=C(CN2CCOCC2)N=C2C1C(=O)N(C)C(=O)N2C. The van der Waals surface area contributed by atoms with Crippen LogP contribution >= 0.6 is 0 Å². The first-order chi connectivity index (χ1) is 17.5. The van der Waals surface area contributed by atoms with Crippen molar-refractivity contribution in [2.45, 2.75) is 103 Å². The van der Waals surface area contributed by atoms with E-state index in [0.29, 0.717) is 12.4 Å². The summed E-state index contributed by atoms with van der Waals surface area (Å²) in [5.74, 6) is 1.32. The first kappa shape index (κ1) is 28.8. The highest BCUT2D eigenvalue weighted by atomic mass is 16.5. The van der Waals surface area contributed by atoms with Crippen LogP contribution in [0.15, 0.2) is 4.99 Å². The first-order valence-electron chi connectivity index (χ1n) is 14.6. The Kier molecular flexibility index (Phi) is 12.3. The van der Waals surface area contributed by atoms with Gasteiger partial charge in [0.25, 0.3) is 17.8 Å². The largest absolute Gasteiger partial charge is 0.379 e. The lowest BCUT2D eigenvalue weighted by atomic mass is 10.0. The molecule has 3 amide bonds. The third kappa shape index (κ3) is 8.10. The van der Waals surface area contributed by atoms with Gasteiger partial charge in [-0.25, -0.2) is 9.37 Å². The maximum Gasteiger partial charge on any atom is 0.333 e. The molecule has 0 aromatic carbocycles. The van der Waals surface area contributed by atoms with E-state index in [9.17, 15) is 9.59 Å². The first-order valence-corrected chi connectivity index (χ1v) is 14.6. The average Bonchev–Trinajstić information content (AvgIpc) is 3.25. The Morgan fingerprint density at radius 3 is 1.89 bits per heavy atom. The molecule has 204 valence electrons. The molecule has 8 nitrogen and oxygen atoms in total. The third-order valence-electron chi connectivity index (χ3n) is 7.83. The van der Waals surface area contributed by atoms with Gasteiger partial charge in [-0.05, 0) is 17.8 Å². The second-order valence-corrected chi connectivity index (χ2v) is 10.7. The van der Waals surface area contributed by atoms with Gasteiger partial charge in [-0.2, -0.15) is 0 Å². The number of fused-ring (bicyclic) bond motifs is 1. The number of urea groups is 1. The summed E-state index contributed by atoms with van der Waals surface area (Å²) in [6.07, 6.45) is 18.6. The molecule has 1 atom stereocenters. The monoisotopic (exact) mass is 504 g/mol. The molecule has 0 aromatic rings. The number of hydrogen-bond acceptors (Lipinski definition) is 5. The van der Waals surface area contributed by atoms with Crippen LogP contribution in [-0.2, 0) is 9.53 Å². The van der Waals surface area contributed by atoms with E-state index >= 15 is 0 Å². The van der Waals surface area contributed by atoms with Gasteiger partial charge in [0.15, 0.2) is 0 Å². The fraction of sp³-hybridized carbons (Fsp3) is 0.857. The highest BCUT2D eigenvalue weighted by molar-refractivity contribution is 6.23. The summed E-state index contributed by atoms with van der Waals surface area (Å²) >= 11 is 0. The Labute approximate surface area is 218 Å². The highest BCUT2D eigenvalue weighted by Crippen LogP contribution is 2.20. The van der Waals surface area contributed by atoms with Crippen LogP contribution in [0.4, 0.5) is 4.79 Å². The van der Waals surface area contributed by atoms with Crippen LogP contribution in [0.2, 0.25) is 0 Å². The van der Waals surface area contributed by atoms with Gasteiger partial charge in [0.1, 0.15) is 6.54 Å². The second-order valence-electron chi connectivity index (χ2n) is 10.7. The average molecular weight is 505 g/mol. The van der Waals surface area contributed by atoms with Crippen molar-refractivity contribution in [2.24, 2.45) is 4.99 Å². The fourth-order valence-electron chi connectivity index (χ4n) is 5.47. The second kappa shape index (κ2) is 15.5. The van der Waals surface area contributed by atoms with Crippen molar-refractivity contribution in [3.8, 4) is 0 Å². The molecule has 3 aliphatic rings. The van der Waals surface area contributed by atoms with E-state index in [-0.39, 0.29) is 11.9 Å². The Morgan fingerprint density at radius 1 is 0.806 bits per heavy atom. The number of amidine groups is 2. The van der Waals surface area contributed by atoms with Gasteiger partial charge in [-0.3, -0.25) is 19.5 Å². The summed E-state index contributed by atoms with van der Waals surface area (Å²) < 4.78 is 7.65. The lowest BCUT2D eigenvalue weighted by molar-refractivity contribution is -0.537. The van der Waals surface area contributed by atoms with E-state index < -0.39 is 6.04 Å². The van der Waals surface area contributed by atoms with Gasteiger partial charge in [-0.1, -0.05) is 84.0 Å². The zero-order chi connectivity index (χ0) is 25.8. The molecule has 3 rings (SSSR count). The van der Waals surface area contributed by atoms with Crippen molar-refractivity contribution in [3.63, 3.8) is 0 Å². The number of morpholine rings is 1. The highest BCUT2D eigenvalue weighted by Gasteiger charge is 2.52. The number of carbonyl (C=O) groups is 2. The number of aliphatic imine (C=N–C) groups is 1. The smallest absolute Gasteiger partial charge is 0.333 e. The van der Waals surface area contributed by atoms with E-state index in [1.807, 2.05) is 0 Å². The zero-order valence-electron chi connectivity index (χ0n) is 23.2. The number of nitrogens with zero attached hydrogens (tertiary/aromatic N) is 5. The van der Waals surface area contributed by atoms with Crippen LogP contribution in [0.5, 0.6) is 0 Å². The van der Waals surface area contributed by atoms with Gasteiger partial charge >= 0.3 is 11.9 Å². The minimum Gasteiger partial charge on any atom is -0.379 e. The molecule has 0 radical (unpaired) electrons. The number of rotatable bonds is 17. The van der Waals surface area contributed by atoms with Crippen LogP contribution in [0.3, 0.4) is 0 Å². The van der Waals surface area contributed by atoms with Gasteiger partial charge in [0.2, 0.25) is 0 Å². The molecule has 0 N–H and O–H groups in total. The number of ether oxygens (including phenoxy) is 1. The van der Waals surface area contributed by atoms with E-state index in [4.69, 9.17) is 9.73 Å². The molecule has 3 heterocycles. The molecule has 2 saturated heterocycles. The van der Waals surface area contributed by atoms with Crippen molar-refractivity contribution in [3.05, 3.63) is 0 Å². The predicted octanol–water partition coefficient (Wildman–Crippen LogP) is 4.52. The molecule has 0 spiro atoms. The van der Waals surface area contributed by atoms with E-state index in [1.165, 1.54) is 93.3 Å². The van der Waals surface area contributed by atoms with Crippen molar-refractivity contribution in [1.29, 1.82) is 0 Å². The summed E-state index contributed by atoms with van der Waals surface area (Å²) in [6, 6.07) is -0.783. The normalized spacial score (nSPS) is 21.0. The molecule has 2 fully saturated rings. The van der Waals surface area contributed by atoms with Gasteiger partial charge in [-0.15, -0.1) is 0 Å². The van der Waals surface area contributed by atoms with Crippen LogP contribution in [0.1, 0.15) is 96.8 Å². The molecule has 8 heteroatoms. The van der Waals surface area contributed by atoms with Gasteiger partial charge < -0.3 is 4.74 Å². The minimum atomic E-state index is -0.476. The number of likely N-dealkylation sites (N-methyl/N-ethyl adjacent to an activating group) is 2. The summed E-state index contributed by atoms with van der Waals surface area (Å²) in [6.45, 7) is 6.97. The zero-order valence-corrected chi connectivity index (χ0v) is 23.2. The van der Waals surface area contributed by atoms with Crippen molar-refractivity contribution in [1.82, 2.24) is 14.7 Å². The summed E-state index contributed by atoms with van der Waals surface area (Å²) in [7, 11) is 3.29. The van der Waals surface area contributed by atoms with Crippen LogP contribution < -0.4 is 0 Å². The van der Waals surface area contributed by atoms with E-state index in [1.54, 1.807) is 14.1 Å². The predicted molar refractivity (Wildman–Crippen MR) is 145 cm³/mol. The maximum absolute atomic E-state index is 13.1. The van der Waals surface area contributed by atoms with Gasteiger partial charge in [0.05, 0.1) is 19.8 Å². The van der Waals surface area contributed by atoms with Crippen molar-refractivity contribution >= 4 is 23.6 Å². The molecule has 1 unspecified atom stereocenters. The standard InChI is InChI=1S/C28H50N5O3/c1-4-5-6-7-8-9-10-11-12-13-14-15-16-17-18-33-24(23-32-19-21-36-22-20-32)29-26-25(33)27(34)31(3)28(35)30(26)2/h25H,4-23H2,1-3H3/q+1. The number of amides is 3. The molecule has 0 aromatic heterocycles. The summed E-state index contributed by atoms with van der Waals surface area (Å²) in [5, 5.41) is 0. The van der Waals surface area contributed by atoms with E-state index in [2.05, 4.69) is 16.4 Å². The molecule has 3 aliphatic heterocycles. The summed E-state index contributed by atoms with van der Waals surface area (Å²) in [5.41, 5.74) is 0. The number of hydrogen-bond donors (Lipinski definition) is 0. The van der Waals surface area contributed by atoms with Crippen molar-refractivity contribution in [2.75, 3.05) is 53.5 Å². The summed E-state index contributed by atoms with van der Waals surface area (Å²) in [4.78, 5) is 35.5. The Bertz CT molecular complexity index is 775. The van der Waals surface area contributed by atoms with Crippen LogP contribution in [0, 0.1) is 0 Å². The van der Waals surface area contributed by atoms with Crippen LogP contribution in [0.25, 0.3) is 0 Å². The Hall–Kier alpha value is -1.80. The van der Waals surface area contributed by atoms with Crippen molar-refractivity contribution < 1.29 is 18.9 Å². The molecular formula is C28H50N5O3+. The third-order valence-corrected chi connectivity index (χ3v) is 7.83. The molecule has 0 aliphatic carbocycles. The maximum atomic E-state index is 13.1. The number of unbranched alkanes of at least 4 members (excludes halogenated alkanes) is 13. The lowest BCUT2D eigenvalue weighted by Crippen LogP contribution is -2.61. The molecule has 0 bridgehead atoms. The quantitative estimate of drug-likeness (QED) is 0.216. The fourth-order valence-corrected chi connectivity index (χ4v) is 5.47. The topological polar surface area (TPSA) is 68.5 Å². The molecular weight excluding hydrogens is 454 g/mol. The Morgan fingerprint density at radius 2 is 1.33 bits per heavy atom. The molecule has 36 heavy (non-hydrogen) atoms. The number of carbonyl (C=O) groups excluding carboxylic acids is 2.